The summed E-state index contributed by atoms with van der Waals surface area (Å²) in [5.41, 5.74) is 0.680. The van der Waals surface area contributed by atoms with Crippen LogP contribution in [0.5, 0.6) is 0 Å². The molecule has 0 aromatic rings. The first kappa shape index (κ1) is 24.5. The number of carbonyl (C=O) groups excluding carboxylic acids is 3. The predicted octanol–water partition coefficient (Wildman–Crippen LogP) is 4.22. The molecule has 0 bridgehead atoms. The number of ether oxygens (including phenoxy) is 1. The van der Waals surface area contributed by atoms with Gasteiger partial charge in [0.15, 0.2) is 5.78 Å². The zero-order valence-corrected chi connectivity index (χ0v) is 18.7. The number of hydrogen-bond donors (Lipinski definition) is 1. The lowest BCUT2D eigenvalue weighted by Gasteiger charge is -2.45. The summed E-state index contributed by atoms with van der Waals surface area (Å²) in [6.45, 7) is 11.5. The molecule has 0 aromatic heterocycles. The highest BCUT2D eigenvalue weighted by Crippen LogP contribution is 2.56. The summed E-state index contributed by atoms with van der Waals surface area (Å²) < 4.78 is 5.65. The minimum absolute atomic E-state index is 0.0861. The highest BCUT2D eigenvalue weighted by atomic mass is 16.5. The molecule has 0 saturated heterocycles. The van der Waals surface area contributed by atoms with E-state index in [-0.39, 0.29) is 24.2 Å². The van der Waals surface area contributed by atoms with Crippen LogP contribution < -0.4 is 0 Å². The van der Waals surface area contributed by atoms with Gasteiger partial charge in [-0.1, -0.05) is 51.5 Å². The molecule has 6 nitrogen and oxygen atoms in total. The number of carbonyl (C=O) groups is 4. The summed E-state index contributed by atoms with van der Waals surface area (Å²) in [4.78, 5) is 48.2. The maximum Gasteiger partial charge on any atom is 0.331 e. The number of ketones is 1. The molecule has 2 aliphatic carbocycles. The quantitative estimate of drug-likeness (QED) is 0.256. The number of aliphatic carboxylic acids is 1. The van der Waals surface area contributed by atoms with Crippen molar-refractivity contribution in [1.29, 1.82) is 0 Å². The van der Waals surface area contributed by atoms with E-state index in [4.69, 9.17) is 4.74 Å². The monoisotopic (exact) mass is 428 g/mol. The van der Waals surface area contributed by atoms with Gasteiger partial charge in [-0.2, -0.15) is 0 Å². The molecule has 1 saturated carbocycles. The Labute approximate surface area is 183 Å². The third-order valence-electron chi connectivity index (χ3n) is 6.64. The van der Waals surface area contributed by atoms with Crippen LogP contribution in [0.1, 0.15) is 53.4 Å². The SMILES string of the molecule is C=C(C=O)C[C@H]1C(=O)C=C2[C@@H](OC(=O)/C=C/C(C)=C/[C@H](C)CC)CC[C@@H](C(=O)O)[C@@]21C. The summed E-state index contributed by atoms with van der Waals surface area (Å²) in [5, 5.41) is 9.80. The lowest BCUT2D eigenvalue weighted by molar-refractivity contribution is -0.152. The molecule has 1 fully saturated rings. The van der Waals surface area contributed by atoms with Crippen molar-refractivity contribution < 1.29 is 29.0 Å². The molecule has 31 heavy (non-hydrogen) atoms. The van der Waals surface area contributed by atoms with E-state index in [1.807, 2.05) is 6.92 Å². The smallest absolute Gasteiger partial charge is 0.331 e. The summed E-state index contributed by atoms with van der Waals surface area (Å²) in [6.07, 6.45) is 8.14. The van der Waals surface area contributed by atoms with Crippen molar-refractivity contribution in [3.8, 4) is 0 Å². The van der Waals surface area contributed by atoms with E-state index in [2.05, 4.69) is 26.5 Å². The fourth-order valence-corrected chi connectivity index (χ4v) is 4.69. The Hall–Kier alpha value is -2.76. The number of fused-ring (bicyclic) bond motifs is 1. The van der Waals surface area contributed by atoms with Crippen molar-refractivity contribution in [2.75, 3.05) is 0 Å². The Bertz CT molecular complexity index is 861. The van der Waals surface area contributed by atoms with E-state index in [1.54, 1.807) is 13.0 Å². The molecule has 2 aliphatic rings. The Morgan fingerprint density at radius 3 is 2.61 bits per heavy atom. The molecule has 5 atom stereocenters. The zero-order valence-electron chi connectivity index (χ0n) is 18.7. The molecule has 0 radical (unpaired) electrons. The van der Waals surface area contributed by atoms with E-state index >= 15 is 0 Å². The van der Waals surface area contributed by atoms with Crippen LogP contribution in [0, 0.1) is 23.2 Å². The third kappa shape index (κ3) is 5.30. The average Bonchev–Trinajstić information content (AvgIpc) is 2.97. The molecule has 6 heteroatoms. The number of rotatable bonds is 9. The predicted molar refractivity (Wildman–Crippen MR) is 117 cm³/mol. The highest BCUT2D eigenvalue weighted by molar-refractivity contribution is 5.99. The lowest BCUT2D eigenvalue weighted by Crippen LogP contribution is -2.47. The van der Waals surface area contributed by atoms with Crippen molar-refractivity contribution >= 4 is 24.0 Å². The van der Waals surface area contributed by atoms with Gasteiger partial charge in [0.05, 0.1) is 5.92 Å². The second kappa shape index (κ2) is 10.0. The Morgan fingerprint density at radius 1 is 1.35 bits per heavy atom. The summed E-state index contributed by atoms with van der Waals surface area (Å²) in [6, 6.07) is 0. The number of carboxylic acids is 1. The number of carboxylic acid groups (broad SMARTS) is 1. The minimum atomic E-state index is -1.03. The van der Waals surface area contributed by atoms with Gasteiger partial charge in [0.25, 0.3) is 0 Å². The normalized spacial score (nSPS) is 29.3. The molecule has 0 heterocycles. The van der Waals surface area contributed by atoms with Crippen molar-refractivity contribution in [3.63, 3.8) is 0 Å². The summed E-state index contributed by atoms with van der Waals surface area (Å²) in [7, 11) is 0. The maximum atomic E-state index is 12.8. The van der Waals surface area contributed by atoms with Gasteiger partial charge in [0.1, 0.15) is 12.4 Å². The first-order chi connectivity index (χ1) is 14.5. The third-order valence-corrected chi connectivity index (χ3v) is 6.64. The Morgan fingerprint density at radius 2 is 2.03 bits per heavy atom. The van der Waals surface area contributed by atoms with Crippen LogP contribution in [-0.4, -0.2) is 35.2 Å². The van der Waals surface area contributed by atoms with Crippen molar-refractivity contribution in [1.82, 2.24) is 0 Å². The number of aldehydes is 1. The molecular weight excluding hydrogens is 396 g/mol. The second-order valence-corrected chi connectivity index (χ2v) is 8.84. The van der Waals surface area contributed by atoms with Gasteiger partial charge < -0.3 is 9.84 Å². The Balaban J connectivity index is 2.25. The lowest BCUT2D eigenvalue weighted by atomic mass is 9.59. The van der Waals surface area contributed by atoms with E-state index in [1.165, 1.54) is 12.2 Å². The van der Waals surface area contributed by atoms with Gasteiger partial charge in [-0.05, 0) is 49.3 Å². The minimum Gasteiger partial charge on any atom is -0.481 e. The molecule has 1 N–H and O–H groups in total. The van der Waals surface area contributed by atoms with Gasteiger partial charge in [-0.15, -0.1) is 0 Å². The van der Waals surface area contributed by atoms with Crippen LogP contribution in [0.4, 0.5) is 0 Å². The second-order valence-electron chi connectivity index (χ2n) is 8.84. The number of hydrogen-bond acceptors (Lipinski definition) is 5. The van der Waals surface area contributed by atoms with E-state index in [0.29, 0.717) is 24.2 Å². The standard InChI is InChI=1S/C25H32O6/c1-6-15(2)11-16(3)7-10-23(28)31-22-9-8-18(24(29)30)25(5)19(12-17(4)14-26)21(27)13-20(22)25/h7,10-11,13-15,18-19,22H,4,6,8-9,12H2,1-3,5H3,(H,29,30)/b10-7+,16-11+/t15-,18+,19+,22+,25-/m1/s1. The van der Waals surface area contributed by atoms with Gasteiger partial charge in [0, 0.05) is 17.4 Å². The fraction of sp³-hybridized carbons (Fsp3) is 0.520. The van der Waals surface area contributed by atoms with E-state index in [0.717, 1.165) is 12.0 Å². The molecule has 0 spiro atoms. The average molecular weight is 429 g/mol. The molecule has 0 aromatic carbocycles. The zero-order chi connectivity index (χ0) is 23.3. The topological polar surface area (TPSA) is 97.7 Å². The molecule has 168 valence electrons. The first-order valence-corrected chi connectivity index (χ1v) is 10.7. The van der Waals surface area contributed by atoms with Gasteiger partial charge in [-0.25, -0.2) is 4.79 Å². The van der Waals surface area contributed by atoms with Crippen LogP contribution >= 0.6 is 0 Å². The van der Waals surface area contributed by atoms with Crippen LogP contribution in [0.2, 0.25) is 0 Å². The Kier molecular flexibility index (Phi) is 7.93. The maximum absolute atomic E-state index is 12.8. The van der Waals surface area contributed by atoms with Gasteiger partial charge >= 0.3 is 11.9 Å². The molecule has 0 amide bonds. The van der Waals surface area contributed by atoms with Crippen LogP contribution in [0.25, 0.3) is 0 Å². The van der Waals surface area contributed by atoms with E-state index in [9.17, 15) is 24.3 Å². The number of allylic oxidation sites excluding steroid dienone is 5. The number of esters is 1. The summed E-state index contributed by atoms with van der Waals surface area (Å²) >= 11 is 0. The molecule has 2 rings (SSSR count). The molecule has 0 aliphatic heterocycles. The first-order valence-electron chi connectivity index (χ1n) is 10.7. The van der Waals surface area contributed by atoms with Crippen LogP contribution in [0.3, 0.4) is 0 Å². The molecular formula is C25H32O6. The van der Waals surface area contributed by atoms with Gasteiger partial charge in [0.2, 0.25) is 0 Å². The van der Waals surface area contributed by atoms with E-state index < -0.39 is 35.3 Å². The molecule has 0 unspecified atom stereocenters. The largest absolute Gasteiger partial charge is 0.481 e. The summed E-state index contributed by atoms with van der Waals surface area (Å²) in [5.74, 6) is -2.90. The van der Waals surface area contributed by atoms with Crippen molar-refractivity contribution in [2.24, 2.45) is 23.2 Å². The fourth-order valence-electron chi connectivity index (χ4n) is 4.69. The van der Waals surface area contributed by atoms with Crippen LogP contribution in [0.15, 0.2) is 47.6 Å². The van der Waals surface area contributed by atoms with Gasteiger partial charge in [-0.3, -0.25) is 14.4 Å². The highest BCUT2D eigenvalue weighted by Gasteiger charge is 2.58. The van der Waals surface area contributed by atoms with Crippen molar-refractivity contribution in [2.45, 2.75) is 59.5 Å². The van der Waals surface area contributed by atoms with Crippen molar-refractivity contribution in [3.05, 3.63) is 47.6 Å². The van der Waals surface area contributed by atoms with Crippen LogP contribution in [-0.2, 0) is 23.9 Å².